The summed E-state index contributed by atoms with van der Waals surface area (Å²) in [5.41, 5.74) is 5.72. The molecule has 1 aromatic heterocycles. The van der Waals surface area contributed by atoms with Gasteiger partial charge >= 0.3 is 0 Å². The Kier molecular flexibility index (Phi) is 5.35. The molecule has 1 atom stereocenters. The van der Waals surface area contributed by atoms with Gasteiger partial charge in [-0.2, -0.15) is 0 Å². The van der Waals surface area contributed by atoms with Crippen LogP contribution >= 0.6 is 11.6 Å². The molecule has 1 heterocycles. The van der Waals surface area contributed by atoms with E-state index in [0.29, 0.717) is 16.2 Å². The number of benzene rings is 1. The van der Waals surface area contributed by atoms with E-state index in [9.17, 15) is 9.18 Å². The monoisotopic (exact) mass is 366 g/mol. The van der Waals surface area contributed by atoms with Crippen molar-refractivity contribution in [3.05, 3.63) is 39.8 Å². The van der Waals surface area contributed by atoms with Crippen molar-refractivity contribution in [2.75, 3.05) is 6.67 Å². The molecule has 6 heteroatoms. The summed E-state index contributed by atoms with van der Waals surface area (Å²) in [4.78, 5) is 14.5. The minimum atomic E-state index is -0.482. The minimum Gasteiger partial charge on any atom is -0.489 e. The molecule has 0 radical (unpaired) electrons. The third kappa shape index (κ3) is 3.53. The topological polar surface area (TPSA) is 68.1 Å². The smallest absolute Gasteiger partial charge is 0.255 e. The Morgan fingerprint density at radius 2 is 2.16 bits per heavy atom. The molecule has 0 bridgehead atoms. The van der Waals surface area contributed by atoms with Gasteiger partial charge in [-0.25, -0.2) is 4.39 Å². The van der Waals surface area contributed by atoms with Crippen LogP contribution in [0.3, 0.4) is 0 Å². The maximum Gasteiger partial charge on any atom is 0.255 e. The van der Waals surface area contributed by atoms with Crippen LogP contribution in [-0.2, 0) is 0 Å². The molecule has 3 N–H and O–H groups in total. The van der Waals surface area contributed by atoms with E-state index < -0.39 is 12.7 Å². The van der Waals surface area contributed by atoms with Gasteiger partial charge in [0.2, 0.25) is 0 Å². The fourth-order valence-corrected chi connectivity index (χ4v) is 4.10. The number of alkyl halides is 1. The maximum atomic E-state index is 13.1. The van der Waals surface area contributed by atoms with Crippen molar-refractivity contribution in [1.82, 2.24) is 4.98 Å². The van der Waals surface area contributed by atoms with Crippen LogP contribution in [0.4, 0.5) is 4.39 Å². The van der Waals surface area contributed by atoms with Gasteiger partial charge in [0, 0.05) is 17.6 Å². The number of ether oxygens (including phenoxy) is 1. The highest BCUT2D eigenvalue weighted by molar-refractivity contribution is 6.32. The second-order valence-electron chi connectivity index (χ2n) is 6.97. The highest BCUT2D eigenvalue weighted by Crippen LogP contribution is 2.43. The highest BCUT2D eigenvalue weighted by Gasteiger charge is 2.39. The summed E-state index contributed by atoms with van der Waals surface area (Å²) in [5, 5.41) is 1.76. The normalized spacial score (nSPS) is 25.0. The first-order valence-corrected chi connectivity index (χ1v) is 9.16. The molecule has 0 spiro atoms. The summed E-state index contributed by atoms with van der Waals surface area (Å²) < 4.78 is 19.2. The number of H-pyrrole nitrogens is 1. The number of nitrogens with one attached hydrogen (secondary N) is 1. The third-order valence-electron chi connectivity index (χ3n) is 5.70. The van der Waals surface area contributed by atoms with Gasteiger partial charge in [-0.1, -0.05) is 18.5 Å². The molecular weight excluding hydrogens is 343 g/mol. The van der Waals surface area contributed by atoms with E-state index in [2.05, 4.69) is 11.9 Å². The summed E-state index contributed by atoms with van der Waals surface area (Å²) in [5.74, 6) is 0.587. The van der Waals surface area contributed by atoms with E-state index in [1.807, 2.05) is 12.1 Å². The fraction of sp³-hybridized carbons (Fsp3) is 0.526. The number of fused-ring (bicyclic) bond motifs is 1. The molecule has 3 rings (SSSR count). The van der Waals surface area contributed by atoms with Crippen molar-refractivity contribution in [1.29, 1.82) is 0 Å². The van der Waals surface area contributed by atoms with Crippen molar-refractivity contribution in [3.63, 3.8) is 0 Å². The zero-order valence-corrected chi connectivity index (χ0v) is 15.1. The van der Waals surface area contributed by atoms with Crippen molar-refractivity contribution < 1.29 is 9.13 Å². The van der Waals surface area contributed by atoms with Crippen LogP contribution in [0.5, 0.6) is 5.75 Å². The van der Waals surface area contributed by atoms with Crippen molar-refractivity contribution in [3.8, 4) is 5.75 Å². The Bertz CT molecular complexity index is 800. The number of halogens is 2. The molecule has 1 saturated carbocycles. The molecule has 136 valence electrons. The molecule has 25 heavy (non-hydrogen) atoms. The van der Waals surface area contributed by atoms with Gasteiger partial charge in [-0.05, 0) is 61.1 Å². The number of aromatic amines is 1. The molecule has 0 aliphatic heterocycles. The predicted octanol–water partition coefficient (Wildman–Crippen LogP) is 4.20. The number of nitrogens with two attached hydrogens (primary N) is 1. The molecule has 0 unspecified atom stereocenters. The number of hydrogen-bond donors (Lipinski definition) is 2. The number of hydrogen-bond acceptors (Lipinski definition) is 3. The van der Waals surface area contributed by atoms with Crippen molar-refractivity contribution in [2.45, 2.75) is 51.2 Å². The lowest BCUT2D eigenvalue weighted by molar-refractivity contribution is 0.0513. The number of rotatable bonds is 5. The van der Waals surface area contributed by atoms with E-state index in [1.165, 1.54) is 0 Å². The summed E-state index contributed by atoms with van der Waals surface area (Å²) in [6.45, 7) is 1.60. The quantitative estimate of drug-likeness (QED) is 0.833. The molecule has 0 saturated heterocycles. The predicted molar refractivity (Wildman–Crippen MR) is 99.1 cm³/mol. The van der Waals surface area contributed by atoms with Gasteiger partial charge in [0.1, 0.15) is 12.4 Å². The largest absolute Gasteiger partial charge is 0.489 e. The van der Waals surface area contributed by atoms with E-state index in [0.717, 1.165) is 37.5 Å². The van der Waals surface area contributed by atoms with Gasteiger partial charge < -0.3 is 15.5 Å². The maximum absolute atomic E-state index is 13.1. The zero-order valence-electron chi connectivity index (χ0n) is 14.4. The van der Waals surface area contributed by atoms with E-state index in [1.54, 1.807) is 12.3 Å². The number of pyridine rings is 1. The average molecular weight is 367 g/mol. The SMILES string of the molecule is CCC1([C@@H](N)CF)CCC(Oc2cc3cc[nH]c(=O)c3cc2Cl)CC1. The third-order valence-corrected chi connectivity index (χ3v) is 6.00. The Morgan fingerprint density at radius 3 is 2.80 bits per heavy atom. The van der Waals surface area contributed by atoms with E-state index >= 15 is 0 Å². The van der Waals surface area contributed by atoms with E-state index in [4.69, 9.17) is 22.1 Å². The van der Waals surface area contributed by atoms with Crippen LogP contribution in [0.1, 0.15) is 39.0 Å². The van der Waals surface area contributed by atoms with Gasteiger partial charge in [-0.15, -0.1) is 0 Å². The van der Waals surface area contributed by atoms with Crippen molar-refractivity contribution >= 4 is 22.4 Å². The van der Waals surface area contributed by atoms with Crippen LogP contribution in [0.15, 0.2) is 29.2 Å². The van der Waals surface area contributed by atoms with Crippen LogP contribution in [0.25, 0.3) is 10.8 Å². The van der Waals surface area contributed by atoms with Crippen LogP contribution in [0.2, 0.25) is 5.02 Å². The summed E-state index contributed by atoms with van der Waals surface area (Å²) >= 11 is 6.30. The first-order chi connectivity index (χ1) is 12.0. The first-order valence-electron chi connectivity index (χ1n) is 8.78. The Balaban J connectivity index is 1.75. The van der Waals surface area contributed by atoms with Crippen LogP contribution in [-0.4, -0.2) is 23.8 Å². The minimum absolute atomic E-state index is 0.0310. The lowest BCUT2D eigenvalue weighted by atomic mass is 9.67. The van der Waals surface area contributed by atoms with Gasteiger partial charge in [-0.3, -0.25) is 4.79 Å². The zero-order chi connectivity index (χ0) is 18.0. The van der Waals surface area contributed by atoms with E-state index in [-0.39, 0.29) is 17.1 Å². The van der Waals surface area contributed by atoms with Gasteiger partial charge in [0.15, 0.2) is 0 Å². The molecule has 1 fully saturated rings. The number of aromatic nitrogens is 1. The fourth-order valence-electron chi connectivity index (χ4n) is 3.89. The lowest BCUT2D eigenvalue weighted by Crippen LogP contribution is -2.46. The molecule has 1 aromatic carbocycles. The summed E-state index contributed by atoms with van der Waals surface area (Å²) in [6.07, 6.45) is 5.87. The standard InChI is InChI=1S/C19H24ClFN2O2/c1-2-19(17(22)11-21)6-3-13(4-7-19)25-16-9-12-5-8-23-18(24)14(12)10-15(16)20/h5,8-10,13,17H,2-4,6-7,11,22H2,1H3,(H,23,24)/t13?,17-,19?/m0/s1. The molecule has 2 aromatic rings. The highest BCUT2D eigenvalue weighted by atomic mass is 35.5. The van der Waals surface area contributed by atoms with Crippen LogP contribution in [0, 0.1) is 5.41 Å². The van der Waals surface area contributed by atoms with Crippen LogP contribution < -0.4 is 16.0 Å². The lowest BCUT2D eigenvalue weighted by Gasteiger charge is -2.42. The second-order valence-corrected chi connectivity index (χ2v) is 7.38. The molecule has 1 aliphatic carbocycles. The Hall–Kier alpha value is -1.59. The summed E-state index contributed by atoms with van der Waals surface area (Å²) in [7, 11) is 0. The van der Waals surface area contributed by atoms with Gasteiger partial charge in [0.25, 0.3) is 5.56 Å². The average Bonchev–Trinajstić information content (AvgIpc) is 2.63. The Morgan fingerprint density at radius 1 is 1.44 bits per heavy atom. The molecule has 1 aliphatic rings. The summed E-state index contributed by atoms with van der Waals surface area (Å²) in [6, 6.07) is 4.86. The first kappa shape index (κ1) is 18.2. The molecule has 4 nitrogen and oxygen atoms in total. The molecule has 0 amide bonds. The van der Waals surface area contributed by atoms with Crippen molar-refractivity contribution in [2.24, 2.45) is 11.1 Å². The Labute approximate surface area is 151 Å². The second kappa shape index (κ2) is 7.34. The molecular formula is C19H24ClFN2O2. The van der Waals surface area contributed by atoms with Gasteiger partial charge in [0.05, 0.1) is 11.1 Å².